The van der Waals surface area contributed by atoms with Crippen molar-refractivity contribution in [2.45, 2.75) is 137 Å². The Morgan fingerprint density at radius 2 is 1.21 bits per heavy atom. The second kappa shape index (κ2) is 23.1. The number of aryl methyl sites for hydroxylation is 2. The molecule has 7 heteroatoms. The number of phosphoric acid groups is 1. The van der Waals surface area contributed by atoms with Crippen LogP contribution in [0.2, 0.25) is 0 Å². The van der Waals surface area contributed by atoms with Crippen molar-refractivity contribution in [3.05, 3.63) is 18.7 Å². The van der Waals surface area contributed by atoms with Gasteiger partial charge in [0.2, 0.25) is 6.33 Å². The summed E-state index contributed by atoms with van der Waals surface area (Å²) in [5, 5.41) is 0. The summed E-state index contributed by atoms with van der Waals surface area (Å²) in [6.07, 6.45) is 24.0. The maximum Gasteiger partial charge on any atom is 0.267 e. The molecule has 0 aliphatic heterocycles. The number of aromatic nitrogens is 2. The Morgan fingerprint density at radius 3 is 1.73 bits per heavy atom. The number of hydrogen-bond acceptors (Lipinski definition) is 4. The van der Waals surface area contributed by atoms with Gasteiger partial charge in [-0.1, -0.05) is 85.5 Å². The Labute approximate surface area is 204 Å². The van der Waals surface area contributed by atoms with Crippen LogP contribution in [0.5, 0.6) is 0 Å². The molecule has 0 aromatic carbocycles. The molecular weight excluding hydrogens is 435 g/mol. The first-order valence-electron chi connectivity index (χ1n) is 13.6. The van der Waals surface area contributed by atoms with Gasteiger partial charge in [0.1, 0.15) is 12.4 Å². The molecule has 0 bridgehead atoms. The molecule has 0 fully saturated rings. The quantitative estimate of drug-likeness (QED) is 0.104. The highest BCUT2D eigenvalue weighted by Crippen LogP contribution is 2.38. The minimum Gasteiger partial charge on any atom is -0.756 e. The van der Waals surface area contributed by atoms with E-state index in [1.807, 2.05) is 0 Å². The van der Waals surface area contributed by atoms with Crippen LogP contribution < -0.4 is 9.46 Å². The maximum absolute atomic E-state index is 11.3. The van der Waals surface area contributed by atoms with Gasteiger partial charge in [0.25, 0.3) is 7.82 Å². The van der Waals surface area contributed by atoms with Crippen molar-refractivity contribution in [1.82, 2.24) is 4.57 Å². The van der Waals surface area contributed by atoms with E-state index in [0.29, 0.717) is 0 Å². The number of unbranched alkanes of at least 4 members (excludes halogenated alkanes) is 11. The summed E-state index contributed by atoms with van der Waals surface area (Å²) in [5.41, 5.74) is 0. The van der Waals surface area contributed by atoms with E-state index in [2.05, 4.69) is 55.6 Å². The highest BCUT2D eigenvalue weighted by atomic mass is 31.2. The van der Waals surface area contributed by atoms with Crippen LogP contribution in [0, 0.1) is 0 Å². The van der Waals surface area contributed by atoms with Crippen LogP contribution in [-0.2, 0) is 26.7 Å². The minimum absolute atomic E-state index is 0.246. The van der Waals surface area contributed by atoms with E-state index < -0.39 is 7.82 Å². The van der Waals surface area contributed by atoms with Gasteiger partial charge in [-0.3, -0.25) is 4.57 Å². The van der Waals surface area contributed by atoms with E-state index in [4.69, 9.17) is 9.05 Å². The number of phosphoric ester groups is 1. The molecule has 1 rings (SSSR count). The van der Waals surface area contributed by atoms with Crippen LogP contribution >= 0.6 is 7.82 Å². The number of rotatable bonds is 21. The Bertz CT molecular complexity index is 562. The first-order valence-corrected chi connectivity index (χ1v) is 15.1. The van der Waals surface area contributed by atoms with Crippen LogP contribution in [0.15, 0.2) is 18.7 Å². The van der Waals surface area contributed by atoms with Crippen molar-refractivity contribution < 1.29 is 23.1 Å². The average molecular weight is 489 g/mol. The van der Waals surface area contributed by atoms with Gasteiger partial charge in [-0.25, -0.2) is 9.13 Å². The normalized spacial score (nSPS) is 11.4. The summed E-state index contributed by atoms with van der Waals surface area (Å²) in [6.45, 7) is 11.6. The van der Waals surface area contributed by atoms with E-state index in [1.165, 1.54) is 58.0 Å². The fourth-order valence-corrected chi connectivity index (χ4v) is 4.20. The second-order valence-electron chi connectivity index (χ2n) is 8.89. The summed E-state index contributed by atoms with van der Waals surface area (Å²) in [7, 11) is -4.04. The van der Waals surface area contributed by atoms with E-state index in [0.717, 1.165) is 51.4 Å². The highest BCUT2D eigenvalue weighted by molar-refractivity contribution is 7.45. The Morgan fingerprint density at radius 1 is 0.727 bits per heavy atom. The molecule has 0 N–H and O–H groups in total. The highest BCUT2D eigenvalue weighted by Gasteiger charge is 2.08. The molecule has 6 nitrogen and oxygen atoms in total. The smallest absolute Gasteiger partial charge is 0.267 e. The van der Waals surface area contributed by atoms with Gasteiger partial charge in [0, 0.05) is 0 Å². The topological polar surface area (TPSA) is 67.4 Å². The van der Waals surface area contributed by atoms with Crippen LogP contribution in [0.3, 0.4) is 0 Å². The summed E-state index contributed by atoms with van der Waals surface area (Å²) >= 11 is 0. The lowest BCUT2D eigenvalue weighted by atomic mass is 10.2. The van der Waals surface area contributed by atoms with Gasteiger partial charge in [0.15, 0.2) is 0 Å². The lowest BCUT2D eigenvalue weighted by molar-refractivity contribution is -0.696. The van der Waals surface area contributed by atoms with Gasteiger partial charge in [-0.15, -0.1) is 0 Å². The minimum atomic E-state index is -4.04. The van der Waals surface area contributed by atoms with Gasteiger partial charge >= 0.3 is 0 Å². The molecule has 1 aromatic heterocycles. The summed E-state index contributed by atoms with van der Waals surface area (Å²) in [6, 6.07) is 0. The first-order chi connectivity index (χ1) is 16.0. The van der Waals surface area contributed by atoms with Crippen molar-refractivity contribution in [2.24, 2.45) is 0 Å². The number of imidazole rings is 1. The molecule has 0 atom stereocenters. The van der Waals surface area contributed by atoms with Crippen LogP contribution in [0.4, 0.5) is 0 Å². The number of nitrogens with zero attached hydrogens (tertiary/aromatic N) is 2. The second-order valence-corrected chi connectivity index (χ2v) is 10.3. The molecule has 0 spiro atoms. The molecule has 196 valence electrons. The van der Waals surface area contributed by atoms with Crippen LogP contribution in [0.1, 0.15) is 124 Å². The Hall–Kier alpha value is -0.680. The summed E-state index contributed by atoms with van der Waals surface area (Å²) < 4.78 is 25.4. The zero-order valence-electron chi connectivity index (χ0n) is 22.1. The SMILES string of the molecule is CCCCCCOP(=O)([O-])OCCCCCC.CCCCCCn1cc[n+](CCCCC)c1. The molecule has 33 heavy (non-hydrogen) atoms. The van der Waals surface area contributed by atoms with Crippen LogP contribution in [-0.4, -0.2) is 17.8 Å². The molecular formula is C26H53N2O4P. The largest absolute Gasteiger partial charge is 0.756 e. The molecule has 0 aliphatic carbocycles. The zero-order chi connectivity index (χ0) is 24.6. The first kappa shape index (κ1) is 32.3. The standard InChI is InChI=1S/C14H27N2.C12H27O4P/c1-3-5-7-9-11-16-13-12-15(14-16)10-8-6-4-2;1-3-5-7-9-11-15-17(13,14)16-12-10-8-6-4-2/h12-14H,3-11H2,1-2H3;3-12H2,1-2H3,(H,13,14)/q+1;/p-1. The molecule has 0 radical (unpaired) electrons. The molecule has 1 heterocycles. The Kier molecular flexibility index (Phi) is 22.6. The van der Waals surface area contributed by atoms with Gasteiger partial charge in [-0.2, -0.15) is 0 Å². The van der Waals surface area contributed by atoms with E-state index in [9.17, 15) is 9.46 Å². The zero-order valence-corrected chi connectivity index (χ0v) is 23.0. The average Bonchev–Trinajstić information content (AvgIpc) is 3.25. The Balaban J connectivity index is 0.000000621. The fraction of sp³-hybridized carbons (Fsp3) is 0.885. The van der Waals surface area contributed by atoms with E-state index in [1.54, 1.807) is 0 Å². The molecule has 0 amide bonds. The molecule has 0 saturated carbocycles. The maximum atomic E-state index is 11.3. The predicted octanol–water partition coefficient (Wildman–Crippen LogP) is 7.19. The van der Waals surface area contributed by atoms with Crippen molar-refractivity contribution in [1.29, 1.82) is 0 Å². The third-order valence-corrected chi connectivity index (χ3v) is 6.53. The van der Waals surface area contributed by atoms with Crippen LogP contribution in [0.25, 0.3) is 0 Å². The predicted molar refractivity (Wildman–Crippen MR) is 136 cm³/mol. The van der Waals surface area contributed by atoms with Crippen molar-refractivity contribution in [3.63, 3.8) is 0 Å². The molecule has 1 aromatic rings. The lowest BCUT2D eigenvalue weighted by Crippen LogP contribution is -2.30. The third-order valence-electron chi connectivity index (χ3n) is 5.53. The van der Waals surface area contributed by atoms with Crippen molar-refractivity contribution >= 4 is 7.82 Å². The summed E-state index contributed by atoms with van der Waals surface area (Å²) in [5.74, 6) is 0. The van der Waals surface area contributed by atoms with Crippen molar-refractivity contribution in [3.8, 4) is 0 Å². The monoisotopic (exact) mass is 488 g/mol. The molecule has 0 aliphatic rings. The van der Waals surface area contributed by atoms with Gasteiger partial charge in [0.05, 0.1) is 26.3 Å². The lowest BCUT2D eigenvalue weighted by Gasteiger charge is -2.22. The van der Waals surface area contributed by atoms with E-state index >= 15 is 0 Å². The fourth-order valence-electron chi connectivity index (χ4n) is 3.42. The molecule has 0 unspecified atom stereocenters. The van der Waals surface area contributed by atoms with E-state index in [-0.39, 0.29) is 13.2 Å². The third kappa shape index (κ3) is 21.6. The molecule has 0 saturated heterocycles. The van der Waals surface area contributed by atoms with Crippen molar-refractivity contribution in [2.75, 3.05) is 13.2 Å². The number of hydrogen-bond donors (Lipinski definition) is 0. The summed E-state index contributed by atoms with van der Waals surface area (Å²) in [4.78, 5) is 11.3. The van der Waals surface area contributed by atoms with Gasteiger partial charge in [-0.05, 0) is 38.5 Å². The van der Waals surface area contributed by atoms with Gasteiger partial charge < -0.3 is 13.9 Å².